The maximum Gasteiger partial charge on any atom is 0.258 e. The van der Waals surface area contributed by atoms with Gasteiger partial charge >= 0.3 is 0 Å². The van der Waals surface area contributed by atoms with Gasteiger partial charge in [0.25, 0.3) is 5.56 Å². The number of aliphatic imine (C=N–C) groups is 1. The van der Waals surface area contributed by atoms with Crippen LogP contribution >= 0.6 is 15.9 Å². The van der Waals surface area contributed by atoms with Gasteiger partial charge < -0.3 is 4.57 Å². The number of hydrogen-bond acceptors (Lipinski definition) is 3. The van der Waals surface area contributed by atoms with Crippen molar-refractivity contribution < 1.29 is 0 Å². The topological polar surface area (TPSA) is 47.2 Å². The van der Waals surface area contributed by atoms with Crippen LogP contribution in [0, 0.1) is 0 Å². The van der Waals surface area contributed by atoms with Gasteiger partial charge in [0, 0.05) is 41.1 Å². The van der Waals surface area contributed by atoms with Crippen LogP contribution in [-0.4, -0.2) is 15.3 Å². The first-order chi connectivity index (χ1) is 10.6. The number of fused-ring (bicyclic) bond motifs is 2. The van der Waals surface area contributed by atoms with Crippen molar-refractivity contribution in [3.05, 3.63) is 68.8 Å². The minimum absolute atomic E-state index is 0.00518. The van der Waals surface area contributed by atoms with Crippen LogP contribution in [0.15, 0.2) is 57.1 Å². The molecule has 1 aromatic carbocycles. The Morgan fingerprint density at radius 3 is 2.91 bits per heavy atom. The van der Waals surface area contributed by atoms with Crippen LogP contribution in [0.2, 0.25) is 0 Å². The normalized spacial score (nSPS) is 13.3. The molecule has 0 atom stereocenters. The molecule has 0 unspecified atom stereocenters. The van der Waals surface area contributed by atoms with E-state index < -0.39 is 0 Å². The molecular weight excluding hydrogens is 342 g/mol. The van der Waals surface area contributed by atoms with Crippen molar-refractivity contribution in [2.24, 2.45) is 12.0 Å². The van der Waals surface area contributed by atoms with E-state index >= 15 is 0 Å². The smallest absolute Gasteiger partial charge is 0.258 e. The number of nitrogens with zero attached hydrogens (tertiary/aromatic N) is 3. The largest absolute Gasteiger partial charge is 0.317 e. The van der Waals surface area contributed by atoms with Gasteiger partial charge in [0.2, 0.25) is 0 Å². The lowest BCUT2D eigenvalue weighted by Gasteiger charge is -2.07. The lowest BCUT2D eigenvalue weighted by Crippen LogP contribution is -2.16. The predicted molar refractivity (Wildman–Crippen MR) is 91.0 cm³/mol. The molecule has 2 aromatic heterocycles. The van der Waals surface area contributed by atoms with Crippen LogP contribution in [0.5, 0.6) is 0 Å². The number of halogens is 1. The first-order valence-corrected chi connectivity index (χ1v) is 7.72. The monoisotopic (exact) mass is 353 g/mol. The molecular formula is C17H12BrN3O. The summed E-state index contributed by atoms with van der Waals surface area (Å²) in [5, 5.41) is 1.62. The lowest BCUT2D eigenvalue weighted by atomic mass is 10.0. The van der Waals surface area contributed by atoms with Crippen LogP contribution in [0.4, 0.5) is 5.69 Å². The second kappa shape index (κ2) is 4.88. The van der Waals surface area contributed by atoms with E-state index in [1.807, 2.05) is 24.3 Å². The van der Waals surface area contributed by atoms with Crippen molar-refractivity contribution >= 4 is 38.1 Å². The summed E-state index contributed by atoms with van der Waals surface area (Å²) in [5.74, 6) is 0. The molecule has 1 aliphatic heterocycles. The highest BCUT2D eigenvalue weighted by molar-refractivity contribution is 9.10. The average molecular weight is 354 g/mol. The summed E-state index contributed by atoms with van der Waals surface area (Å²) in [5.41, 5.74) is 4.18. The van der Waals surface area contributed by atoms with Gasteiger partial charge in [-0.2, -0.15) is 0 Å². The minimum Gasteiger partial charge on any atom is -0.317 e. The first kappa shape index (κ1) is 13.4. The third-order valence-electron chi connectivity index (χ3n) is 3.97. The molecule has 0 radical (unpaired) electrons. The van der Waals surface area contributed by atoms with E-state index in [0.29, 0.717) is 5.39 Å². The minimum atomic E-state index is 0.00518. The second-order valence-corrected chi connectivity index (χ2v) is 6.25. The van der Waals surface area contributed by atoms with Gasteiger partial charge in [0.05, 0.1) is 17.6 Å². The van der Waals surface area contributed by atoms with Gasteiger partial charge in [-0.3, -0.25) is 14.8 Å². The van der Waals surface area contributed by atoms with Gasteiger partial charge in [-0.15, -0.1) is 0 Å². The third kappa shape index (κ3) is 2.01. The van der Waals surface area contributed by atoms with Gasteiger partial charge in [0.15, 0.2) is 0 Å². The molecule has 0 bridgehead atoms. The predicted octanol–water partition coefficient (Wildman–Crippen LogP) is 3.37. The maximum atomic E-state index is 12.2. The Morgan fingerprint density at radius 2 is 2.09 bits per heavy atom. The summed E-state index contributed by atoms with van der Waals surface area (Å²) in [4.78, 5) is 21.0. The van der Waals surface area contributed by atoms with Crippen molar-refractivity contribution in [1.82, 2.24) is 9.55 Å². The number of rotatable bonds is 1. The van der Waals surface area contributed by atoms with Gasteiger partial charge in [0.1, 0.15) is 0 Å². The summed E-state index contributed by atoms with van der Waals surface area (Å²) >= 11 is 3.54. The fourth-order valence-corrected chi connectivity index (χ4v) is 3.43. The van der Waals surface area contributed by atoms with E-state index in [9.17, 15) is 4.79 Å². The molecule has 4 rings (SSSR count). The van der Waals surface area contributed by atoms with Crippen LogP contribution in [0.25, 0.3) is 10.8 Å². The fourth-order valence-electron chi connectivity index (χ4n) is 2.79. The van der Waals surface area contributed by atoms with E-state index in [1.165, 1.54) is 5.56 Å². The number of benzene rings is 1. The summed E-state index contributed by atoms with van der Waals surface area (Å²) in [6.07, 6.45) is 6.17. The van der Waals surface area contributed by atoms with E-state index in [2.05, 4.69) is 25.9 Å². The number of aryl methyl sites for hydroxylation is 1. The SMILES string of the molecule is Cn1cc(Br)c2cc(C3=Nc4cnccc4C3)ccc2c1=O. The molecule has 4 nitrogen and oxygen atoms in total. The molecule has 108 valence electrons. The molecule has 3 aromatic rings. The lowest BCUT2D eigenvalue weighted by molar-refractivity contribution is 0.869. The summed E-state index contributed by atoms with van der Waals surface area (Å²) in [6.45, 7) is 0. The molecule has 0 amide bonds. The Balaban J connectivity index is 1.87. The standard InChI is InChI=1S/C17H12BrN3O/c1-21-9-14(18)13-6-10(2-3-12(13)17(21)22)15-7-11-4-5-19-8-16(11)20-15/h2-6,8-9H,7H2,1H3. The molecule has 22 heavy (non-hydrogen) atoms. The molecule has 0 N–H and O–H groups in total. The zero-order valence-electron chi connectivity index (χ0n) is 11.9. The van der Waals surface area contributed by atoms with Gasteiger partial charge in [-0.25, -0.2) is 0 Å². The van der Waals surface area contributed by atoms with Crippen molar-refractivity contribution in [3.8, 4) is 0 Å². The van der Waals surface area contributed by atoms with E-state index in [4.69, 9.17) is 0 Å². The van der Waals surface area contributed by atoms with Gasteiger partial charge in [-0.05, 0) is 45.3 Å². The highest BCUT2D eigenvalue weighted by atomic mass is 79.9. The molecule has 0 spiro atoms. The number of pyridine rings is 2. The number of hydrogen-bond donors (Lipinski definition) is 0. The molecule has 3 heterocycles. The maximum absolute atomic E-state index is 12.2. The Morgan fingerprint density at radius 1 is 1.23 bits per heavy atom. The first-order valence-electron chi connectivity index (χ1n) is 6.93. The molecule has 0 saturated carbocycles. The van der Waals surface area contributed by atoms with Crippen molar-refractivity contribution in [2.45, 2.75) is 6.42 Å². The highest BCUT2D eigenvalue weighted by Crippen LogP contribution is 2.29. The van der Waals surface area contributed by atoms with E-state index in [1.54, 1.807) is 30.2 Å². The Kier molecular flexibility index (Phi) is 2.97. The second-order valence-electron chi connectivity index (χ2n) is 5.39. The zero-order valence-corrected chi connectivity index (χ0v) is 13.5. The highest BCUT2D eigenvalue weighted by Gasteiger charge is 2.17. The molecule has 0 saturated heterocycles. The zero-order chi connectivity index (χ0) is 15.3. The summed E-state index contributed by atoms with van der Waals surface area (Å²) in [7, 11) is 1.76. The molecule has 0 aliphatic carbocycles. The van der Waals surface area contributed by atoms with Crippen LogP contribution in [-0.2, 0) is 13.5 Å². The fraction of sp³-hybridized carbons (Fsp3) is 0.118. The summed E-state index contributed by atoms with van der Waals surface area (Å²) in [6, 6.07) is 7.87. The average Bonchev–Trinajstić information content (AvgIpc) is 2.96. The molecule has 1 aliphatic rings. The Labute approximate surface area is 135 Å². The van der Waals surface area contributed by atoms with Crippen LogP contribution < -0.4 is 5.56 Å². The van der Waals surface area contributed by atoms with Crippen LogP contribution in [0.3, 0.4) is 0 Å². The van der Waals surface area contributed by atoms with E-state index in [-0.39, 0.29) is 5.56 Å². The molecule has 5 heteroatoms. The quantitative estimate of drug-likeness (QED) is 0.673. The Hall–Kier alpha value is -2.27. The van der Waals surface area contributed by atoms with E-state index in [0.717, 1.165) is 33.2 Å². The molecule has 0 fully saturated rings. The van der Waals surface area contributed by atoms with Crippen LogP contribution in [0.1, 0.15) is 11.1 Å². The van der Waals surface area contributed by atoms with Crippen molar-refractivity contribution in [2.75, 3.05) is 0 Å². The van der Waals surface area contributed by atoms with Gasteiger partial charge in [-0.1, -0.05) is 6.07 Å². The van der Waals surface area contributed by atoms with Crippen molar-refractivity contribution in [3.63, 3.8) is 0 Å². The number of aromatic nitrogens is 2. The summed E-state index contributed by atoms with van der Waals surface area (Å²) < 4.78 is 2.49. The Bertz CT molecular complexity index is 1000. The third-order valence-corrected chi connectivity index (χ3v) is 4.60. The van der Waals surface area contributed by atoms with Crippen molar-refractivity contribution in [1.29, 1.82) is 0 Å².